The van der Waals surface area contributed by atoms with Crippen LogP contribution in [-0.2, 0) is 0 Å². The van der Waals surface area contributed by atoms with E-state index in [4.69, 9.17) is 34.8 Å². The van der Waals surface area contributed by atoms with Crippen molar-refractivity contribution < 1.29 is 0 Å². The van der Waals surface area contributed by atoms with Gasteiger partial charge in [0.1, 0.15) is 0 Å². The van der Waals surface area contributed by atoms with Gasteiger partial charge < -0.3 is 5.32 Å². The van der Waals surface area contributed by atoms with Gasteiger partial charge in [0.15, 0.2) is 0 Å². The Hall–Kier alpha value is 0.590. The molecule has 23 heavy (non-hydrogen) atoms. The molecule has 2 rings (SSSR count). The maximum absolute atomic E-state index is 6.47. The van der Waals surface area contributed by atoms with Crippen LogP contribution in [0.1, 0.15) is 44.2 Å². The Labute approximate surface area is 167 Å². The van der Waals surface area contributed by atoms with E-state index in [2.05, 4.69) is 17.1 Å². The van der Waals surface area contributed by atoms with E-state index in [0.29, 0.717) is 10.0 Å². The first-order valence-electron chi connectivity index (χ1n) is 7.73. The number of hydrogen-bond acceptors (Lipinski definition) is 2. The monoisotopic (exact) mass is 420 g/mol. The lowest BCUT2D eigenvalue weighted by Crippen LogP contribution is -2.45. The number of halogens is 5. The summed E-state index contributed by atoms with van der Waals surface area (Å²) in [5, 5.41) is 5.33. The van der Waals surface area contributed by atoms with Crippen molar-refractivity contribution in [3.05, 3.63) is 32.8 Å². The Morgan fingerprint density at radius 2 is 1.65 bits per heavy atom. The van der Waals surface area contributed by atoms with Crippen LogP contribution in [0.3, 0.4) is 0 Å². The molecule has 134 valence electrons. The molecule has 1 saturated heterocycles. The standard InChI is InChI=1S/C16H23Cl3N2.2ClH/c1-2-3-4-5-14(21-10-8-20-9-11-21)15-12(17)6-7-13(18)16(15)19;;/h6-7,14,20H,2-5,8-11H2,1H3;2*1H/t14-;;/m0../s1. The molecule has 2 nitrogen and oxygen atoms in total. The van der Waals surface area contributed by atoms with Gasteiger partial charge >= 0.3 is 0 Å². The highest BCUT2D eigenvalue weighted by molar-refractivity contribution is 6.44. The first-order valence-corrected chi connectivity index (χ1v) is 8.86. The van der Waals surface area contributed by atoms with Crippen LogP contribution in [0.15, 0.2) is 12.1 Å². The minimum atomic E-state index is 0. The average molecular weight is 423 g/mol. The third-order valence-electron chi connectivity index (χ3n) is 4.09. The molecule has 1 aliphatic heterocycles. The van der Waals surface area contributed by atoms with Crippen LogP contribution >= 0.6 is 59.6 Å². The quantitative estimate of drug-likeness (QED) is 0.446. The smallest absolute Gasteiger partial charge is 0.0655 e. The molecule has 1 N–H and O–H groups in total. The van der Waals surface area contributed by atoms with Crippen LogP contribution in [0, 0.1) is 0 Å². The summed E-state index contributed by atoms with van der Waals surface area (Å²) in [4.78, 5) is 2.48. The third kappa shape index (κ3) is 6.43. The largest absolute Gasteiger partial charge is 0.314 e. The summed E-state index contributed by atoms with van der Waals surface area (Å²) in [6.45, 7) is 6.30. The predicted molar refractivity (Wildman–Crippen MR) is 107 cm³/mol. The van der Waals surface area contributed by atoms with Crippen LogP contribution in [0.5, 0.6) is 0 Å². The maximum Gasteiger partial charge on any atom is 0.0655 e. The molecule has 0 unspecified atom stereocenters. The van der Waals surface area contributed by atoms with Gasteiger partial charge in [-0.2, -0.15) is 0 Å². The fraction of sp³-hybridized carbons (Fsp3) is 0.625. The van der Waals surface area contributed by atoms with Gasteiger partial charge in [-0.05, 0) is 18.6 Å². The Morgan fingerprint density at radius 3 is 2.26 bits per heavy atom. The summed E-state index contributed by atoms with van der Waals surface area (Å²) in [6.07, 6.45) is 4.71. The molecular weight excluding hydrogens is 397 g/mol. The van der Waals surface area contributed by atoms with Gasteiger partial charge in [0.25, 0.3) is 0 Å². The van der Waals surface area contributed by atoms with Crippen molar-refractivity contribution in [2.24, 2.45) is 0 Å². The van der Waals surface area contributed by atoms with Gasteiger partial charge in [-0.15, -0.1) is 24.8 Å². The van der Waals surface area contributed by atoms with Gasteiger partial charge in [-0.3, -0.25) is 4.90 Å². The van der Waals surface area contributed by atoms with Crippen LogP contribution in [0.2, 0.25) is 15.1 Å². The molecule has 0 aromatic heterocycles. The highest BCUT2D eigenvalue weighted by Gasteiger charge is 2.26. The molecule has 0 bridgehead atoms. The van der Waals surface area contributed by atoms with Crippen LogP contribution in [0.25, 0.3) is 0 Å². The molecule has 1 aromatic carbocycles. The lowest BCUT2D eigenvalue weighted by atomic mass is 9.98. The predicted octanol–water partition coefficient (Wildman–Crippen LogP) is 6.02. The van der Waals surface area contributed by atoms with Crippen LogP contribution < -0.4 is 5.32 Å². The molecule has 0 amide bonds. The van der Waals surface area contributed by atoms with Crippen molar-refractivity contribution in [3.8, 4) is 0 Å². The van der Waals surface area contributed by atoms with Gasteiger partial charge in [0, 0.05) is 42.8 Å². The SMILES string of the molecule is CCCCC[C@@H](c1c(Cl)ccc(Cl)c1Cl)N1CCNCC1.Cl.Cl. The molecule has 0 saturated carbocycles. The van der Waals surface area contributed by atoms with E-state index in [-0.39, 0.29) is 30.9 Å². The molecule has 0 spiro atoms. The second kappa shape index (κ2) is 12.0. The van der Waals surface area contributed by atoms with E-state index in [1.807, 2.05) is 6.07 Å². The summed E-state index contributed by atoms with van der Waals surface area (Å²) >= 11 is 19.1. The van der Waals surface area contributed by atoms with Crippen molar-refractivity contribution in [1.82, 2.24) is 10.2 Å². The zero-order valence-electron chi connectivity index (χ0n) is 13.3. The molecule has 1 heterocycles. The van der Waals surface area contributed by atoms with E-state index >= 15 is 0 Å². The van der Waals surface area contributed by atoms with E-state index < -0.39 is 0 Å². The van der Waals surface area contributed by atoms with Crippen LogP contribution in [-0.4, -0.2) is 31.1 Å². The second-order valence-electron chi connectivity index (χ2n) is 5.55. The maximum atomic E-state index is 6.47. The fourth-order valence-electron chi connectivity index (χ4n) is 2.94. The number of piperazine rings is 1. The zero-order valence-corrected chi connectivity index (χ0v) is 17.2. The number of benzene rings is 1. The van der Waals surface area contributed by atoms with Gasteiger partial charge in [0.2, 0.25) is 0 Å². The normalized spacial score (nSPS) is 16.3. The van der Waals surface area contributed by atoms with Crippen molar-refractivity contribution in [2.45, 2.75) is 38.6 Å². The Morgan fingerprint density at radius 1 is 1.04 bits per heavy atom. The third-order valence-corrected chi connectivity index (χ3v) is 5.23. The fourth-order valence-corrected chi connectivity index (χ4v) is 3.73. The summed E-state index contributed by atoms with van der Waals surface area (Å²) in [5.41, 5.74) is 1.00. The molecule has 1 fully saturated rings. The first kappa shape index (κ1) is 23.6. The number of nitrogens with one attached hydrogen (secondary N) is 1. The Bertz CT molecular complexity index is 464. The molecule has 1 aromatic rings. The van der Waals surface area contributed by atoms with Crippen molar-refractivity contribution in [2.75, 3.05) is 26.2 Å². The molecule has 7 heteroatoms. The topological polar surface area (TPSA) is 15.3 Å². The van der Waals surface area contributed by atoms with Crippen molar-refractivity contribution in [3.63, 3.8) is 0 Å². The van der Waals surface area contributed by atoms with Crippen LogP contribution in [0.4, 0.5) is 0 Å². The lowest BCUT2D eigenvalue weighted by molar-refractivity contribution is 0.163. The van der Waals surface area contributed by atoms with E-state index in [0.717, 1.165) is 43.2 Å². The minimum absolute atomic E-state index is 0. The lowest BCUT2D eigenvalue weighted by Gasteiger charge is -2.36. The Kier molecular flexibility index (Phi) is 12.3. The number of rotatable bonds is 6. The average Bonchev–Trinajstić information content (AvgIpc) is 2.51. The highest BCUT2D eigenvalue weighted by Crippen LogP contribution is 2.40. The zero-order chi connectivity index (χ0) is 15.2. The summed E-state index contributed by atoms with van der Waals surface area (Å²) < 4.78 is 0. The van der Waals surface area contributed by atoms with Crippen molar-refractivity contribution in [1.29, 1.82) is 0 Å². The minimum Gasteiger partial charge on any atom is -0.314 e. The molecule has 1 atom stereocenters. The molecule has 0 aliphatic carbocycles. The highest BCUT2D eigenvalue weighted by atomic mass is 35.5. The van der Waals surface area contributed by atoms with Crippen molar-refractivity contribution >= 4 is 59.6 Å². The van der Waals surface area contributed by atoms with E-state index in [9.17, 15) is 0 Å². The number of hydrogen-bond donors (Lipinski definition) is 1. The molecule has 1 aliphatic rings. The summed E-state index contributed by atoms with van der Waals surface area (Å²) in [7, 11) is 0. The first-order chi connectivity index (χ1) is 10.1. The van der Waals surface area contributed by atoms with Gasteiger partial charge in [-0.1, -0.05) is 61.0 Å². The molecule has 0 radical (unpaired) electrons. The van der Waals surface area contributed by atoms with Gasteiger partial charge in [0.05, 0.1) is 10.0 Å². The Balaban J connectivity index is 0.00000242. The summed E-state index contributed by atoms with van der Waals surface area (Å²) in [5.74, 6) is 0. The van der Waals surface area contributed by atoms with Gasteiger partial charge in [-0.25, -0.2) is 0 Å². The van der Waals surface area contributed by atoms with E-state index in [1.165, 1.54) is 19.3 Å². The summed E-state index contributed by atoms with van der Waals surface area (Å²) in [6, 6.07) is 3.90. The van der Waals surface area contributed by atoms with E-state index in [1.54, 1.807) is 6.07 Å². The molecular formula is C16H25Cl5N2. The number of nitrogens with zero attached hydrogens (tertiary/aromatic N) is 1. The number of unbranched alkanes of at least 4 members (excludes halogenated alkanes) is 2. The second-order valence-corrected chi connectivity index (χ2v) is 6.75.